The van der Waals surface area contributed by atoms with Crippen LogP contribution in [0.4, 0.5) is 0 Å². The van der Waals surface area contributed by atoms with Gasteiger partial charge in [-0.15, -0.1) is 0 Å². The zero-order chi connectivity index (χ0) is 12.7. The van der Waals surface area contributed by atoms with Crippen LogP contribution in [-0.2, 0) is 4.79 Å². The summed E-state index contributed by atoms with van der Waals surface area (Å²) in [6.07, 6.45) is 4.58. The van der Waals surface area contributed by atoms with Crippen LogP contribution in [0.3, 0.4) is 0 Å². The quantitative estimate of drug-likeness (QED) is 0.686. The molecular weight excluding hydrogens is 186 g/mol. The highest BCUT2D eigenvalue weighted by molar-refractivity contribution is 5.81. The van der Waals surface area contributed by atoms with Crippen LogP contribution >= 0.6 is 0 Å². The van der Waals surface area contributed by atoms with Crippen LogP contribution < -0.4 is 5.32 Å². The second-order valence-corrected chi connectivity index (χ2v) is 2.95. The maximum absolute atomic E-state index is 10.9. The Kier molecular flexibility index (Phi) is 25.8. The van der Waals surface area contributed by atoms with Crippen LogP contribution in [0.15, 0.2) is 0 Å². The first-order chi connectivity index (χ1) is 7.22. The maximum Gasteiger partial charge on any atom is 0.146 e. The minimum atomic E-state index is 0.0848. The van der Waals surface area contributed by atoms with Crippen molar-refractivity contribution in [1.82, 2.24) is 5.32 Å². The van der Waals surface area contributed by atoms with Crippen LogP contribution in [0.5, 0.6) is 0 Å². The third-order valence-electron chi connectivity index (χ3n) is 1.94. The molecule has 0 fully saturated rings. The van der Waals surface area contributed by atoms with Gasteiger partial charge in [-0.1, -0.05) is 53.9 Å². The molecule has 0 radical (unpaired) electrons. The first-order valence-electron chi connectivity index (χ1n) is 6.40. The lowest BCUT2D eigenvalue weighted by molar-refractivity contribution is -0.119. The van der Waals surface area contributed by atoms with E-state index in [-0.39, 0.29) is 11.8 Å². The van der Waals surface area contributed by atoms with Crippen LogP contribution in [0, 0.1) is 0 Å². The number of likely N-dealkylation sites (N-methyl/N-ethyl adjacent to an activating group) is 1. The SMILES string of the molecule is CC.CC.CCCCCC(NC)C(C)=O. The number of carbonyl (C=O) groups excluding carboxylic acids is 1. The summed E-state index contributed by atoms with van der Waals surface area (Å²) in [5.41, 5.74) is 0. The molecule has 15 heavy (non-hydrogen) atoms. The van der Waals surface area contributed by atoms with Gasteiger partial charge in [-0.2, -0.15) is 0 Å². The summed E-state index contributed by atoms with van der Waals surface area (Å²) < 4.78 is 0. The van der Waals surface area contributed by atoms with Crippen molar-refractivity contribution in [2.75, 3.05) is 7.05 Å². The summed E-state index contributed by atoms with van der Waals surface area (Å²) in [5, 5.41) is 3.01. The average molecular weight is 217 g/mol. The molecule has 0 heterocycles. The number of carbonyl (C=O) groups is 1. The molecule has 94 valence electrons. The van der Waals surface area contributed by atoms with E-state index in [1.54, 1.807) is 6.92 Å². The fourth-order valence-corrected chi connectivity index (χ4v) is 1.15. The Morgan fingerprint density at radius 3 is 1.87 bits per heavy atom. The summed E-state index contributed by atoms with van der Waals surface area (Å²) >= 11 is 0. The van der Waals surface area contributed by atoms with Gasteiger partial charge in [-0.3, -0.25) is 4.79 Å². The fraction of sp³-hybridized carbons (Fsp3) is 0.923. The number of hydrogen-bond acceptors (Lipinski definition) is 2. The molecule has 0 saturated heterocycles. The lowest BCUT2D eigenvalue weighted by Crippen LogP contribution is -2.31. The zero-order valence-electron chi connectivity index (χ0n) is 11.8. The van der Waals surface area contributed by atoms with E-state index in [2.05, 4.69) is 12.2 Å². The van der Waals surface area contributed by atoms with Gasteiger partial charge in [0.25, 0.3) is 0 Å². The number of nitrogens with one attached hydrogen (secondary N) is 1. The largest absolute Gasteiger partial charge is 0.311 e. The number of hydrogen-bond donors (Lipinski definition) is 1. The van der Waals surface area contributed by atoms with Crippen LogP contribution in [0.2, 0.25) is 0 Å². The van der Waals surface area contributed by atoms with E-state index >= 15 is 0 Å². The smallest absolute Gasteiger partial charge is 0.146 e. The van der Waals surface area contributed by atoms with Gasteiger partial charge in [-0.25, -0.2) is 0 Å². The van der Waals surface area contributed by atoms with Crippen LogP contribution in [-0.4, -0.2) is 18.9 Å². The number of rotatable bonds is 6. The molecule has 1 atom stereocenters. The Balaban J connectivity index is -0.000000318. The standard InChI is InChI=1S/C9H19NO.2C2H6/c1-4-5-6-7-9(10-3)8(2)11;2*1-2/h9-10H,4-7H2,1-3H3;2*1-2H3. The summed E-state index contributed by atoms with van der Waals surface area (Å²) in [5.74, 6) is 0.253. The molecule has 0 aromatic rings. The van der Waals surface area contributed by atoms with Gasteiger partial charge in [0.1, 0.15) is 5.78 Å². The Morgan fingerprint density at radius 2 is 1.60 bits per heavy atom. The molecule has 0 amide bonds. The van der Waals surface area contributed by atoms with Crippen molar-refractivity contribution in [2.24, 2.45) is 0 Å². The van der Waals surface area contributed by atoms with E-state index in [1.807, 2.05) is 34.7 Å². The van der Waals surface area contributed by atoms with Crippen molar-refractivity contribution < 1.29 is 4.79 Å². The van der Waals surface area contributed by atoms with Gasteiger partial charge in [0.2, 0.25) is 0 Å². The molecule has 0 spiro atoms. The van der Waals surface area contributed by atoms with E-state index in [0.717, 1.165) is 12.8 Å². The highest BCUT2D eigenvalue weighted by atomic mass is 16.1. The summed E-state index contributed by atoms with van der Waals surface area (Å²) in [4.78, 5) is 10.9. The molecule has 0 rings (SSSR count). The van der Waals surface area contributed by atoms with Crippen LogP contribution in [0.25, 0.3) is 0 Å². The van der Waals surface area contributed by atoms with Gasteiger partial charge >= 0.3 is 0 Å². The van der Waals surface area contributed by atoms with Gasteiger partial charge in [0, 0.05) is 0 Å². The maximum atomic E-state index is 10.9. The van der Waals surface area contributed by atoms with E-state index < -0.39 is 0 Å². The van der Waals surface area contributed by atoms with Gasteiger partial charge in [0.05, 0.1) is 6.04 Å². The van der Waals surface area contributed by atoms with Gasteiger partial charge in [-0.05, 0) is 20.4 Å². The predicted octanol–water partition coefficient (Wildman–Crippen LogP) is 3.80. The first-order valence-corrected chi connectivity index (χ1v) is 6.40. The van der Waals surface area contributed by atoms with Crippen molar-refractivity contribution in [3.05, 3.63) is 0 Å². The van der Waals surface area contributed by atoms with Crippen molar-refractivity contribution in [2.45, 2.75) is 73.3 Å². The summed E-state index contributed by atoms with van der Waals surface area (Å²) in [7, 11) is 1.85. The molecule has 0 aliphatic rings. The number of Topliss-reactive ketones (excluding diaryl/α,β-unsaturated/α-hetero) is 1. The lowest BCUT2D eigenvalue weighted by Gasteiger charge is -2.11. The lowest BCUT2D eigenvalue weighted by atomic mass is 10.1. The number of ketones is 1. The van der Waals surface area contributed by atoms with Crippen LogP contribution in [0.1, 0.15) is 67.2 Å². The van der Waals surface area contributed by atoms with Crippen molar-refractivity contribution in [3.8, 4) is 0 Å². The average Bonchev–Trinajstić information content (AvgIpc) is 2.29. The van der Waals surface area contributed by atoms with E-state index in [0.29, 0.717) is 0 Å². The minimum Gasteiger partial charge on any atom is -0.311 e. The molecule has 1 unspecified atom stereocenters. The Labute approximate surface area is 96.8 Å². The molecule has 0 aromatic heterocycles. The van der Waals surface area contributed by atoms with Crippen molar-refractivity contribution in [1.29, 1.82) is 0 Å². The normalized spacial score (nSPS) is 10.3. The summed E-state index contributed by atoms with van der Waals surface area (Å²) in [6.45, 7) is 11.8. The Morgan fingerprint density at radius 1 is 1.13 bits per heavy atom. The van der Waals surface area contributed by atoms with Gasteiger partial charge in [0.15, 0.2) is 0 Å². The first kappa shape index (κ1) is 20.1. The van der Waals surface area contributed by atoms with E-state index in [9.17, 15) is 4.79 Å². The second kappa shape index (κ2) is 19.2. The van der Waals surface area contributed by atoms with Gasteiger partial charge < -0.3 is 5.32 Å². The Bertz CT molecular complexity index is 113. The summed E-state index contributed by atoms with van der Waals surface area (Å²) in [6, 6.07) is 0.0848. The Hall–Kier alpha value is -0.370. The third kappa shape index (κ3) is 16.3. The molecule has 2 nitrogen and oxygen atoms in total. The minimum absolute atomic E-state index is 0.0848. The van der Waals surface area contributed by atoms with Crippen molar-refractivity contribution in [3.63, 3.8) is 0 Å². The molecular formula is C13H31NO. The van der Waals surface area contributed by atoms with E-state index in [4.69, 9.17) is 0 Å². The third-order valence-corrected chi connectivity index (χ3v) is 1.94. The molecule has 0 aliphatic heterocycles. The highest BCUT2D eigenvalue weighted by Gasteiger charge is 2.09. The monoisotopic (exact) mass is 217 g/mol. The predicted molar refractivity (Wildman–Crippen MR) is 70.4 cm³/mol. The molecule has 0 aromatic carbocycles. The fourth-order valence-electron chi connectivity index (χ4n) is 1.15. The zero-order valence-corrected chi connectivity index (χ0v) is 11.8. The van der Waals surface area contributed by atoms with Crippen molar-refractivity contribution >= 4 is 5.78 Å². The second-order valence-electron chi connectivity index (χ2n) is 2.95. The highest BCUT2D eigenvalue weighted by Crippen LogP contribution is 2.03. The molecule has 0 bridgehead atoms. The topological polar surface area (TPSA) is 29.1 Å². The molecule has 2 heteroatoms. The molecule has 0 saturated carbocycles. The number of unbranched alkanes of at least 4 members (excludes halogenated alkanes) is 2. The molecule has 0 aliphatic carbocycles. The van der Waals surface area contributed by atoms with E-state index in [1.165, 1.54) is 12.8 Å². The molecule has 1 N–H and O–H groups in total.